The van der Waals surface area contributed by atoms with Crippen LogP contribution in [-0.2, 0) is 17.5 Å². The molecule has 0 amide bonds. The highest BCUT2D eigenvalue weighted by Crippen LogP contribution is 2.36. The molecule has 0 atom stereocenters. The maximum atomic E-state index is 13.8. The van der Waals surface area contributed by atoms with E-state index in [4.69, 9.17) is 40.2 Å². The number of ether oxygens (including phenoxy) is 1. The van der Waals surface area contributed by atoms with Crippen molar-refractivity contribution in [1.82, 2.24) is 14.5 Å². The lowest BCUT2D eigenvalue weighted by atomic mass is 10.1. The van der Waals surface area contributed by atoms with Gasteiger partial charge in [0, 0.05) is 25.8 Å². The largest absolute Gasteiger partial charge is 0.417 e. The maximum Gasteiger partial charge on any atom is 0.417 e. The predicted octanol–water partition coefficient (Wildman–Crippen LogP) is 5.48. The zero-order valence-electron chi connectivity index (χ0n) is 14.9. The highest BCUT2D eigenvalue weighted by Gasteiger charge is 2.35. The molecule has 0 spiro atoms. The van der Waals surface area contributed by atoms with E-state index in [0.29, 0.717) is 18.6 Å². The quantitative estimate of drug-likeness (QED) is 0.401. The average molecular weight is 464 g/mol. The molecule has 0 unspecified atom stereocenters. The Hall–Kier alpha value is -1.94. The Balaban J connectivity index is 2.37. The Morgan fingerprint density at radius 3 is 2.59 bits per heavy atom. The van der Waals surface area contributed by atoms with Crippen molar-refractivity contribution in [3.63, 3.8) is 0 Å². The lowest BCUT2D eigenvalue weighted by Crippen LogP contribution is -2.21. The Bertz CT molecular complexity index is 1190. The highest BCUT2D eigenvalue weighted by atomic mass is 35.5. The van der Waals surface area contributed by atoms with Crippen LogP contribution in [0.2, 0.25) is 10.0 Å². The number of aromatic amines is 1. The molecular weight excluding hydrogens is 450 g/mol. The third-order valence-corrected chi connectivity index (χ3v) is 5.26. The van der Waals surface area contributed by atoms with Crippen LogP contribution in [0.5, 0.6) is 0 Å². The zero-order chi connectivity index (χ0) is 21.3. The summed E-state index contributed by atoms with van der Waals surface area (Å²) in [5.41, 5.74) is -1.91. The molecule has 3 rings (SSSR count). The molecule has 5 nitrogen and oxygen atoms in total. The summed E-state index contributed by atoms with van der Waals surface area (Å²) in [6, 6.07) is 5.19. The lowest BCUT2D eigenvalue weighted by molar-refractivity contribution is -0.136. The molecule has 154 valence electrons. The van der Waals surface area contributed by atoms with E-state index in [9.17, 15) is 18.0 Å². The van der Waals surface area contributed by atoms with Gasteiger partial charge in [0.1, 0.15) is 5.65 Å². The lowest BCUT2D eigenvalue weighted by Gasteiger charge is -2.16. The van der Waals surface area contributed by atoms with Gasteiger partial charge in [-0.3, -0.25) is 9.78 Å². The van der Waals surface area contributed by atoms with Gasteiger partial charge in [-0.05, 0) is 36.8 Å². The van der Waals surface area contributed by atoms with E-state index in [1.54, 1.807) is 0 Å². The van der Waals surface area contributed by atoms with Crippen LogP contribution < -0.4 is 5.56 Å². The summed E-state index contributed by atoms with van der Waals surface area (Å²) in [6.07, 6.45) is -4.32. The number of fused-ring (bicyclic) bond motifs is 1. The van der Waals surface area contributed by atoms with Gasteiger partial charge >= 0.3 is 6.18 Å². The smallest absolute Gasteiger partial charge is 0.385 e. The van der Waals surface area contributed by atoms with Crippen LogP contribution in [0.1, 0.15) is 12.0 Å². The van der Waals surface area contributed by atoms with Crippen LogP contribution in [0.4, 0.5) is 13.2 Å². The van der Waals surface area contributed by atoms with Crippen LogP contribution in [0.15, 0.2) is 29.1 Å². The Morgan fingerprint density at radius 2 is 1.97 bits per heavy atom. The fraction of sp³-hybridized carbons (Fsp3) is 0.278. The van der Waals surface area contributed by atoms with Gasteiger partial charge in [-0.15, -0.1) is 0 Å². The van der Waals surface area contributed by atoms with Gasteiger partial charge in [-0.2, -0.15) is 13.2 Å². The zero-order valence-corrected chi connectivity index (χ0v) is 17.3. The molecule has 0 fully saturated rings. The Morgan fingerprint density at radius 1 is 1.24 bits per heavy atom. The molecule has 11 heteroatoms. The second-order valence-electron chi connectivity index (χ2n) is 6.14. The molecule has 0 radical (unpaired) electrons. The van der Waals surface area contributed by atoms with Crippen molar-refractivity contribution >= 4 is 46.5 Å². The third-order valence-electron chi connectivity index (χ3n) is 4.20. The summed E-state index contributed by atoms with van der Waals surface area (Å²) >= 11 is 17.1. The van der Waals surface area contributed by atoms with E-state index >= 15 is 0 Å². The first-order chi connectivity index (χ1) is 13.6. The summed E-state index contributed by atoms with van der Waals surface area (Å²) in [5, 5.41) is -0.152. The molecule has 2 aromatic heterocycles. The van der Waals surface area contributed by atoms with E-state index in [-0.39, 0.29) is 32.7 Å². The number of H-pyrrole nitrogens is 1. The van der Waals surface area contributed by atoms with Crippen LogP contribution >= 0.6 is 35.4 Å². The number of methoxy groups -OCH3 is 1. The molecule has 3 aromatic rings. The van der Waals surface area contributed by atoms with E-state index in [1.165, 1.54) is 29.9 Å². The normalized spacial score (nSPS) is 11.9. The van der Waals surface area contributed by atoms with Crippen LogP contribution in [-0.4, -0.2) is 28.3 Å². The van der Waals surface area contributed by atoms with Gasteiger partial charge < -0.3 is 9.30 Å². The summed E-state index contributed by atoms with van der Waals surface area (Å²) < 4.78 is 47.7. The minimum atomic E-state index is -4.79. The molecule has 0 saturated carbocycles. The van der Waals surface area contributed by atoms with Gasteiger partial charge in [0.25, 0.3) is 5.56 Å². The van der Waals surface area contributed by atoms with Crippen molar-refractivity contribution in [3.8, 4) is 11.3 Å². The number of pyridine rings is 1. The second-order valence-corrected chi connectivity index (χ2v) is 7.34. The number of aromatic nitrogens is 3. The minimum Gasteiger partial charge on any atom is -0.385 e. The second kappa shape index (κ2) is 8.43. The van der Waals surface area contributed by atoms with Crippen LogP contribution in [0, 0.1) is 4.77 Å². The van der Waals surface area contributed by atoms with E-state index in [2.05, 4.69) is 9.97 Å². The first kappa shape index (κ1) is 21.8. The fourth-order valence-corrected chi connectivity index (χ4v) is 3.44. The monoisotopic (exact) mass is 463 g/mol. The Kier molecular flexibility index (Phi) is 6.33. The van der Waals surface area contributed by atoms with E-state index < -0.39 is 22.7 Å². The summed E-state index contributed by atoms with van der Waals surface area (Å²) in [5.74, 6) is 0. The molecule has 1 N–H and O–H groups in total. The number of aryl methyl sites for hydroxylation is 1. The molecular formula is C18H14Cl2F3N3O2S. The molecule has 0 aliphatic heterocycles. The number of benzene rings is 1. The highest BCUT2D eigenvalue weighted by molar-refractivity contribution is 7.71. The number of nitrogens with one attached hydrogen (secondary N) is 1. The number of hydrogen-bond acceptors (Lipinski definition) is 4. The van der Waals surface area contributed by atoms with Crippen molar-refractivity contribution in [3.05, 3.63) is 55.0 Å². The minimum absolute atomic E-state index is 0.0103. The van der Waals surface area contributed by atoms with Crippen molar-refractivity contribution in [2.24, 2.45) is 0 Å². The summed E-state index contributed by atoms with van der Waals surface area (Å²) in [6.45, 7) is 0.579. The fourth-order valence-electron chi connectivity index (χ4n) is 2.88. The first-order valence-corrected chi connectivity index (χ1v) is 9.49. The van der Waals surface area contributed by atoms with Crippen LogP contribution in [0.25, 0.3) is 22.3 Å². The molecule has 2 heterocycles. The van der Waals surface area contributed by atoms with Crippen LogP contribution in [0.3, 0.4) is 0 Å². The molecule has 0 saturated heterocycles. The summed E-state index contributed by atoms with van der Waals surface area (Å²) in [7, 11) is 1.51. The number of halogens is 5. The van der Waals surface area contributed by atoms with Crippen molar-refractivity contribution in [2.45, 2.75) is 19.1 Å². The molecule has 1 aromatic carbocycles. The summed E-state index contributed by atoms with van der Waals surface area (Å²) in [4.78, 5) is 19.0. The van der Waals surface area contributed by atoms with Crippen molar-refractivity contribution in [2.75, 3.05) is 13.7 Å². The maximum absolute atomic E-state index is 13.8. The standard InChI is InChI=1S/C18H14Cl2F3N3O2S/c1-28-6-2-5-26-15-14(16(27)25-17(26)29)10(18(21,22)23)8-13(24-15)9-3-4-11(19)12(20)7-9/h3-4,7-8H,2,5-6H2,1H3,(H,25,27,29). The Labute approximate surface area is 178 Å². The number of hydrogen-bond donors (Lipinski definition) is 1. The van der Waals surface area contributed by atoms with E-state index in [0.717, 1.165) is 6.07 Å². The SMILES string of the molecule is COCCCn1c(=S)[nH]c(=O)c2c(C(F)(F)F)cc(-c3ccc(Cl)c(Cl)c3)nc21. The molecule has 0 aliphatic rings. The molecule has 0 bridgehead atoms. The van der Waals surface area contributed by atoms with Gasteiger partial charge in [-0.1, -0.05) is 29.3 Å². The molecule has 0 aliphatic carbocycles. The third kappa shape index (κ3) is 4.48. The predicted molar refractivity (Wildman–Crippen MR) is 108 cm³/mol. The van der Waals surface area contributed by atoms with Gasteiger partial charge in [-0.25, -0.2) is 4.98 Å². The van der Waals surface area contributed by atoms with Crippen molar-refractivity contribution in [1.29, 1.82) is 0 Å². The number of nitrogens with zero attached hydrogens (tertiary/aromatic N) is 2. The molecule has 29 heavy (non-hydrogen) atoms. The first-order valence-electron chi connectivity index (χ1n) is 8.33. The average Bonchev–Trinajstić information content (AvgIpc) is 2.65. The van der Waals surface area contributed by atoms with Crippen molar-refractivity contribution < 1.29 is 17.9 Å². The van der Waals surface area contributed by atoms with E-state index in [1.807, 2.05) is 0 Å². The number of alkyl halides is 3. The van der Waals surface area contributed by atoms with Gasteiger partial charge in [0.05, 0.1) is 26.7 Å². The topological polar surface area (TPSA) is 59.9 Å². The van der Waals surface area contributed by atoms with Gasteiger partial charge in [0.2, 0.25) is 0 Å². The number of rotatable bonds is 5. The van der Waals surface area contributed by atoms with Gasteiger partial charge in [0.15, 0.2) is 4.77 Å².